The summed E-state index contributed by atoms with van der Waals surface area (Å²) in [6, 6.07) is 15.6. The molecule has 1 aromatic heterocycles. The number of anilines is 1. The maximum Gasteiger partial charge on any atom is 0.271 e. The van der Waals surface area contributed by atoms with Gasteiger partial charge in [0.15, 0.2) is 5.11 Å². The maximum absolute atomic E-state index is 12.6. The molecule has 0 spiro atoms. The number of nitrogens with zero attached hydrogens (tertiary/aromatic N) is 1. The van der Waals surface area contributed by atoms with E-state index in [-0.39, 0.29) is 5.91 Å². The molecule has 2 aromatic carbocycles. The smallest absolute Gasteiger partial charge is 0.271 e. The molecular weight excluding hydrogens is 344 g/mol. The number of nitrogens with one attached hydrogen (secondary N) is 3. The van der Waals surface area contributed by atoms with E-state index in [0.717, 1.165) is 27.7 Å². The van der Waals surface area contributed by atoms with Gasteiger partial charge < -0.3 is 5.32 Å². The normalized spacial score (nSPS) is 10.4. The van der Waals surface area contributed by atoms with Gasteiger partial charge in [-0.05, 0) is 56.8 Å². The number of carbonyl (C=O) groups is 1. The van der Waals surface area contributed by atoms with Crippen LogP contribution in [0.3, 0.4) is 0 Å². The molecule has 6 heteroatoms. The summed E-state index contributed by atoms with van der Waals surface area (Å²) >= 11 is 5.23. The minimum absolute atomic E-state index is 0.272. The van der Waals surface area contributed by atoms with E-state index >= 15 is 0 Å². The van der Waals surface area contributed by atoms with Gasteiger partial charge in [-0.1, -0.05) is 35.9 Å². The second-order valence-electron chi connectivity index (χ2n) is 6.11. The van der Waals surface area contributed by atoms with Crippen molar-refractivity contribution in [3.8, 4) is 0 Å². The first-order valence-corrected chi connectivity index (χ1v) is 8.66. The summed E-state index contributed by atoms with van der Waals surface area (Å²) in [5.41, 5.74) is 10.4. The van der Waals surface area contributed by atoms with Gasteiger partial charge >= 0.3 is 0 Å². The fourth-order valence-corrected chi connectivity index (χ4v) is 3.01. The first kappa shape index (κ1) is 17.8. The lowest BCUT2D eigenvalue weighted by Crippen LogP contribution is -2.44. The Hall–Kier alpha value is -2.99. The number of carbonyl (C=O) groups excluding carboxylic acids is 1. The number of para-hydroxylation sites is 1. The Morgan fingerprint density at radius 2 is 1.65 bits per heavy atom. The van der Waals surface area contributed by atoms with Gasteiger partial charge in [0.05, 0.1) is 16.8 Å². The molecule has 0 bridgehead atoms. The van der Waals surface area contributed by atoms with Crippen molar-refractivity contribution in [1.82, 2.24) is 15.8 Å². The van der Waals surface area contributed by atoms with E-state index in [0.29, 0.717) is 16.4 Å². The lowest BCUT2D eigenvalue weighted by atomic mass is 10.0. The molecule has 0 aliphatic heterocycles. The van der Waals surface area contributed by atoms with E-state index < -0.39 is 0 Å². The summed E-state index contributed by atoms with van der Waals surface area (Å²) in [6.45, 7) is 5.77. The van der Waals surface area contributed by atoms with Gasteiger partial charge in [0.1, 0.15) is 0 Å². The van der Waals surface area contributed by atoms with Crippen LogP contribution in [0.1, 0.15) is 27.2 Å². The van der Waals surface area contributed by atoms with Crippen LogP contribution in [0.4, 0.5) is 5.69 Å². The van der Waals surface area contributed by atoms with E-state index in [2.05, 4.69) is 21.2 Å². The Labute approximate surface area is 157 Å². The molecule has 3 rings (SSSR count). The average Bonchev–Trinajstić information content (AvgIpc) is 2.62. The summed E-state index contributed by atoms with van der Waals surface area (Å²) in [6.07, 6.45) is 0. The highest BCUT2D eigenvalue weighted by Crippen LogP contribution is 2.22. The van der Waals surface area contributed by atoms with Crippen molar-refractivity contribution in [3.05, 3.63) is 70.9 Å². The van der Waals surface area contributed by atoms with Crippen LogP contribution < -0.4 is 16.2 Å². The van der Waals surface area contributed by atoms with Crippen LogP contribution in [0.2, 0.25) is 0 Å². The minimum atomic E-state index is -0.272. The van der Waals surface area contributed by atoms with E-state index in [1.54, 1.807) is 0 Å². The third-order valence-corrected chi connectivity index (χ3v) is 4.36. The second-order valence-corrected chi connectivity index (χ2v) is 6.52. The topological polar surface area (TPSA) is 66.0 Å². The van der Waals surface area contributed by atoms with E-state index in [1.165, 1.54) is 0 Å². The molecule has 0 fully saturated rings. The standard InChI is InChI=1S/C20H20N4OS/c1-12-8-10-15(11-9-12)22-20(26)24-23-19(25)18-13(2)16-6-4-5-7-17(16)21-14(18)3/h4-11H,1-3H3,(H,23,25)(H2,22,24,26). The Kier molecular flexibility index (Phi) is 5.14. The molecule has 132 valence electrons. The zero-order valence-corrected chi connectivity index (χ0v) is 15.7. The minimum Gasteiger partial charge on any atom is -0.331 e. The van der Waals surface area contributed by atoms with Gasteiger partial charge in [0, 0.05) is 11.1 Å². The summed E-state index contributed by atoms with van der Waals surface area (Å²) < 4.78 is 0. The molecular formula is C20H20N4OS. The average molecular weight is 364 g/mol. The van der Waals surface area contributed by atoms with Crippen molar-refractivity contribution in [2.75, 3.05) is 5.32 Å². The molecule has 0 unspecified atom stereocenters. The number of hydrazine groups is 1. The first-order chi connectivity index (χ1) is 12.5. The number of aryl methyl sites for hydroxylation is 3. The van der Waals surface area contributed by atoms with Crippen molar-refractivity contribution < 1.29 is 4.79 Å². The predicted octanol–water partition coefficient (Wildman–Crippen LogP) is 3.79. The number of hydrogen-bond acceptors (Lipinski definition) is 3. The number of fused-ring (bicyclic) bond motifs is 1. The largest absolute Gasteiger partial charge is 0.331 e. The number of rotatable bonds is 2. The van der Waals surface area contributed by atoms with Gasteiger partial charge in [-0.2, -0.15) is 0 Å². The number of aromatic nitrogens is 1. The van der Waals surface area contributed by atoms with E-state index in [4.69, 9.17) is 12.2 Å². The first-order valence-electron chi connectivity index (χ1n) is 8.25. The highest BCUT2D eigenvalue weighted by Gasteiger charge is 2.16. The Morgan fingerprint density at radius 3 is 2.38 bits per heavy atom. The summed E-state index contributed by atoms with van der Waals surface area (Å²) in [5.74, 6) is -0.272. The van der Waals surface area contributed by atoms with Gasteiger partial charge in [-0.25, -0.2) is 0 Å². The third kappa shape index (κ3) is 3.81. The van der Waals surface area contributed by atoms with Crippen LogP contribution >= 0.6 is 12.2 Å². The molecule has 0 atom stereocenters. The lowest BCUT2D eigenvalue weighted by Gasteiger charge is -2.15. The Balaban J connectivity index is 1.71. The molecule has 1 amide bonds. The highest BCUT2D eigenvalue weighted by molar-refractivity contribution is 7.80. The van der Waals surface area contributed by atoms with E-state index in [9.17, 15) is 4.79 Å². The van der Waals surface area contributed by atoms with Gasteiger partial charge in [0.2, 0.25) is 0 Å². The highest BCUT2D eigenvalue weighted by atomic mass is 32.1. The van der Waals surface area contributed by atoms with Gasteiger partial charge in [-0.15, -0.1) is 0 Å². The van der Waals surface area contributed by atoms with Crippen molar-refractivity contribution in [2.45, 2.75) is 20.8 Å². The predicted molar refractivity (Wildman–Crippen MR) is 109 cm³/mol. The van der Waals surface area contributed by atoms with Crippen LogP contribution in [-0.2, 0) is 0 Å². The van der Waals surface area contributed by atoms with Crippen LogP contribution in [0, 0.1) is 20.8 Å². The summed E-state index contributed by atoms with van der Waals surface area (Å²) in [7, 11) is 0. The Morgan fingerprint density at radius 1 is 0.962 bits per heavy atom. The second kappa shape index (κ2) is 7.49. The van der Waals surface area contributed by atoms with Crippen LogP contribution in [0.25, 0.3) is 10.9 Å². The summed E-state index contributed by atoms with van der Waals surface area (Å²) in [4.78, 5) is 17.2. The molecule has 0 radical (unpaired) electrons. The van der Waals surface area contributed by atoms with Gasteiger partial charge in [0.25, 0.3) is 5.91 Å². The number of hydrogen-bond donors (Lipinski definition) is 3. The van der Waals surface area contributed by atoms with Crippen molar-refractivity contribution in [2.24, 2.45) is 0 Å². The fraction of sp³-hybridized carbons (Fsp3) is 0.150. The monoisotopic (exact) mass is 364 g/mol. The Bertz CT molecular complexity index is 983. The molecule has 3 N–H and O–H groups in total. The van der Waals surface area contributed by atoms with Crippen LogP contribution in [0.15, 0.2) is 48.5 Å². The van der Waals surface area contributed by atoms with Crippen molar-refractivity contribution in [3.63, 3.8) is 0 Å². The molecule has 0 aliphatic carbocycles. The van der Waals surface area contributed by atoms with Crippen molar-refractivity contribution in [1.29, 1.82) is 0 Å². The number of pyridine rings is 1. The molecule has 3 aromatic rings. The van der Waals surface area contributed by atoms with Crippen LogP contribution in [-0.4, -0.2) is 16.0 Å². The third-order valence-electron chi connectivity index (χ3n) is 4.16. The molecule has 1 heterocycles. The summed E-state index contributed by atoms with van der Waals surface area (Å²) in [5, 5.41) is 4.30. The maximum atomic E-state index is 12.6. The zero-order chi connectivity index (χ0) is 18.7. The number of amides is 1. The molecule has 26 heavy (non-hydrogen) atoms. The van der Waals surface area contributed by atoms with E-state index in [1.807, 2.05) is 69.3 Å². The fourth-order valence-electron chi connectivity index (χ4n) is 2.84. The number of thiocarbonyl (C=S) groups is 1. The quantitative estimate of drug-likeness (QED) is 0.477. The molecule has 0 saturated carbocycles. The molecule has 5 nitrogen and oxygen atoms in total. The molecule has 0 saturated heterocycles. The number of benzene rings is 2. The zero-order valence-electron chi connectivity index (χ0n) is 14.9. The SMILES string of the molecule is Cc1ccc(NC(=S)NNC(=O)c2c(C)nc3ccccc3c2C)cc1. The van der Waals surface area contributed by atoms with Gasteiger partial charge in [-0.3, -0.25) is 20.6 Å². The van der Waals surface area contributed by atoms with Crippen molar-refractivity contribution >= 4 is 39.8 Å². The lowest BCUT2D eigenvalue weighted by molar-refractivity contribution is 0.0942. The molecule has 0 aliphatic rings. The van der Waals surface area contributed by atoms with Crippen LogP contribution in [0.5, 0.6) is 0 Å².